The number of para-hydroxylation sites is 2. The molecule has 1 atom stereocenters. The van der Waals surface area contributed by atoms with Crippen molar-refractivity contribution in [1.82, 2.24) is 10.2 Å². The van der Waals surface area contributed by atoms with Crippen LogP contribution in [0.5, 0.6) is 23.0 Å². The van der Waals surface area contributed by atoms with E-state index in [1.54, 1.807) is 11.3 Å². The molecule has 0 saturated carbocycles. The summed E-state index contributed by atoms with van der Waals surface area (Å²) in [7, 11) is 0. The van der Waals surface area contributed by atoms with Crippen LogP contribution < -0.4 is 14.8 Å². The highest BCUT2D eigenvalue weighted by molar-refractivity contribution is 7.10. The first-order valence-corrected chi connectivity index (χ1v) is 11.8. The standard InChI is InChI=1S/C27H26N2O2S.2ClH/c1-3-8-22(9-4-1)30-24-14-13-21(20-25(24)31-23-10-5-2-6-11-23)27(26-12-7-19-32-26)29-17-15-28-16-18-29;;/h1-14,19-20,27-28H,15-18H2;2*1H/t27-;;/m0../s1. The number of nitrogens with zero attached hydrogens (tertiary/aromatic N) is 1. The van der Waals surface area contributed by atoms with Crippen molar-refractivity contribution in [2.75, 3.05) is 26.2 Å². The lowest BCUT2D eigenvalue weighted by atomic mass is 10.0. The van der Waals surface area contributed by atoms with Gasteiger partial charge in [0.2, 0.25) is 0 Å². The van der Waals surface area contributed by atoms with Crippen LogP contribution >= 0.6 is 36.2 Å². The van der Waals surface area contributed by atoms with Crippen LogP contribution in [-0.2, 0) is 0 Å². The van der Waals surface area contributed by atoms with E-state index < -0.39 is 0 Å². The summed E-state index contributed by atoms with van der Waals surface area (Å²) in [5.41, 5.74) is 1.21. The zero-order chi connectivity index (χ0) is 21.6. The minimum Gasteiger partial charge on any atom is -0.453 e. The van der Waals surface area contributed by atoms with Gasteiger partial charge in [-0.3, -0.25) is 4.90 Å². The Morgan fingerprint density at radius 2 is 1.32 bits per heavy atom. The molecule has 178 valence electrons. The second kappa shape index (κ2) is 12.8. The van der Waals surface area contributed by atoms with E-state index in [0.717, 1.165) is 37.7 Å². The average Bonchev–Trinajstić information content (AvgIpc) is 3.37. The third-order valence-corrected chi connectivity index (χ3v) is 6.48. The normalized spacial score (nSPS) is 14.4. The van der Waals surface area contributed by atoms with Gasteiger partial charge in [0, 0.05) is 31.1 Å². The molecule has 1 aliphatic heterocycles. The van der Waals surface area contributed by atoms with E-state index in [2.05, 4.69) is 39.9 Å². The Balaban J connectivity index is 0.00000162. The quantitative estimate of drug-likeness (QED) is 0.283. The molecule has 1 aromatic heterocycles. The highest BCUT2D eigenvalue weighted by Gasteiger charge is 2.26. The lowest BCUT2D eigenvalue weighted by molar-refractivity contribution is 0.200. The third kappa shape index (κ3) is 6.32. The lowest BCUT2D eigenvalue weighted by Crippen LogP contribution is -2.45. The lowest BCUT2D eigenvalue weighted by Gasteiger charge is -2.35. The number of ether oxygens (including phenoxy) is 2. The molecule has 5 rings (SSSR count). The van der Waals surface area contributed by atoms with Crippen molar-refractivity contribution in [3.63, 3.8) is 0 Å². The highest BCUT2D eigenvalue weighted by Crippen LogP contribution is 2.40. The van der Waals surface area contributed by atoms with Crippen molar-refractivity contribution in [3.05, 3.63) is 107 Å². The molecule has 1 aliphatic rings. The van der Waals surface area contributed by atoms with Crippen LogP contribution in [0.15, 0.2) is 96.4 Å². The van der Waals surface area contributed by atoms with Gasteiger partial charge in [-0.05, 0) is 53.4 Å². The molecule has 3 aromatic carbocycles. The van der Waals surface area contributed by atoms with Crippen molar-refractivity contribution in [1.29, 1.82) is 0 Å². The molecule has 0 unspecified atom stereocenters. The molecule has 4 aromatic rings. The maximum absolute atomic E-state index is 6.32. The van der Waals surface area contributed by atoms with Gasteiger partial charge in [-0.15, -0.1) is 36.2 Å². The molecule has 0 amide bonds. The number of hydrogen-bond acceptors (Lipinski definition) is 5. The number of piperazine rings is 1. The zero-order valence-electron chi connectivity index (χ0n) is 18.6. The largest absolute Gasteiger partial charge is 0.453 e. The maximum atomic E-state index is 6.32. The molecule has 0 radical (unpaired) electrons. The van der Waals surface area contributed by atoms with Crippen molar-refractivity contribution in [2.24, 2.45) is 0 Å². The van der Waals surface area contributed by atoms with Crippen molar-refractivity contribution < 1.29 is 9.47 Å². The summed E-state index contributed by atoms with van der Waals surface area (Å²) in [6.07, 6.45) is 0. The smallest absolute Gasteiger partial charge is 0.170 e. The van der Waals surface area contributed by atoms with Crippen LogP contribution in [-0.4, -0.2) is 31.1 Å². The van der Waals surface area contributed by atoms with Crippen LogP contribution in [0.25, 0.3) is 0 Å². The highest BCUT2D eigenvalue weighted by atomic mass is 35.5. The summed E-state index contributed by atoms with van der Waals surface area (Å²) in [5, 5.41) is 5.62. The van der Waals surface area contributed by atoms with Gasteiger partial charge in [0.1, 0.15) is 11.5 Å². The van der Waals surface area contributed by atoms with E-state index in [0.29, 0.717) is 11.5 Å². The second-order valence-electron chi connectivity index (χ2n) is 7.74. The van der Waals surface area contributed by atoms with E-state index in [9.17, 15) is 0 Å². The molecule has 1 N–H and O–H groups in total. The van der Waals surface area contributed by atoms with Crippen LogP contribution in [0, 0.1) is 0 Å². The van der Waals surface area contributed by atoms with Crippen molar-refractivity contribution in [3.8, 4) is 23.0 Å². The molecule has 0 aliphatic carbocycles. The van der Waals surface area contributed by atoms with Gasteiger partial charge >= 0.3 is 0 Å². The summed E-state index contributed by atoms with van der Waals surface area (Å²) >= 11 is 1.80. The van der Waals surface area contributed by atoms with Gasteiger partial charge in [-0.1, -0.05) is 48.5 Å². The van der Waals surface area contributed by atoms with Crippen molar-refractivity contribution in [2.45, 2.75) is 6.04 Å². The molecule has 0 spiro atoms. The fourth-order valence-corrected chi connectivity index (χ4v) is 4.92. The number of hydrogen-bond donors (Lipinski definition) is 1. The van der Waals surface area contributed by atoms with Crippen molar-refractivity contribution >= 4 is 36.2 Å². The number of thiophene rings is 1. The number of nitrogens with one attached hydrogen (secondary N) is 1. The number of halogens is 2. The fourth-order valence-electron chi connectivity index (χ4n) is 4.03. The van der Waals surface area contributed by atoms with Gasteiger partial charge in [-0.2, -0.15) is 0 Å². The minimum atomic E-state index is 0. The fraction of sp³-hybridized carbons (Fsp3) is 0.185. The Morgan fingerprint density at radius 3 is 1.91 bits per heavy atom. The molecule has 2 heterocycles. The maximum Gasteiger partial charge on any atom is 0.170 e. The summed E-state index contributed by atoms with van der Waals surface area (Å²) in [5.74, 6) is 3.00. The summed E-state index contributed by atoms with van der Waals surface area (Å²) in [6.45, 7) is 4.04. The van der Waals surface area contributed by atoms with Crippen LogP contribution in [0.1, 0.15) is 16.5 Å². The minimum absolute atomic E-state index is 0. The Kier molecular flexibility index (Phi) is 9.81. The Labute approximate surface area is 217 Å². The molecule has 7 heteroatoms. The first-order valence-electron chi connectivity index (χ1n) is 10.9. The van der Waals surface area contributed by atoms with E-state index in [4.69, 9.17) is 9.47 Å². The van der Waals surface area contributed by atoms with Crippen LogP contribution in [0.2, 0.25) is 0 Å². The molecule has 34 heavy (non-hydrogen) atoms. The first-order chi connectivity index (χ1) is 15.9. The monoisotopic (exact) mass is 514 g/mol. The van der Waals surface area contributed by atoms with Gasteiger partial charge in [-0.25, -0.2) is 0 Å². The third-order valence-electron chi connectivity index (χ3n) is 5.55. The van der Waals surface area contributed by atoms with E-state index in [1.807, 2.05) is 66.7 Å². The Bertz CT molecular complexity index is 1120. The first kappa shape index (κ1) is 26.1. The Hall–Kier alpha value is -2.54. The molecule has 1 saturated heterocycles. The Morgan fingerprint density at radius 1 is 0.706 bits per heavy atom. The SMILES string of the molecule is Cl.Cl.c1ccc(Oc2ccc([C@@H](c3cccs3)N3CCNCC3)cc2Oc2ccccc2)cc1. The van der Waals surface area contributed by atoms with E-state index >= 15 is 0 Å². The van der Waals surface area contributed by atoms with Crippen LogP contribution in [0.4, 0.5) is 0 Å². The molecular formula is C27H28Cl2N2O2S. The zero-order valence-corrected chi connectivity index (χ0v) is 21.1. The number of benzene rings is 3. The molecule has 0 bridgehead atoms. The molecular weight excluding hydrogens is 487 g/mol. The second-order valence-corrected chi connectivity index (χ2v) is 8.72. The van der Waals surface area contributed by atoms with Gasteiger partial charge in [0.15, 0.2) is 11.5 Å². The average molecular weight is 516 g/mol. The summed E-state index contributed by atoms with van der Waals surface area (Å²) in [6, 6.07) is 30.6. The van der Waals surface area contributed by atoms with E-state index in [1.165, 1.54) is 10.4 Å². The van der Waals surface area contributed by atoms with Crippen LogP contribution in [0.3, 0.4) is 0 Å². The molecule has 4 nitrogen and oxygen atoms in total. The molecule has 1 fully saturated rings. The number of rotatable bonds is 7. The van der Waals surface area contributed by atoms with Gasteiger partial charge in [0.05, 0.1) is 6.04 Å². The topological polar surface area (TPSA) is 33.7 Å². The predicted octanol–water partition coefficient (Wildman–Crippen LogP) is 7.17. The van der Waals surface area contributed by atoms with Gasteiger partial charge in [0.25, 0.3) is 0 Å². The summed E-state index contributed by atoms with van der Waals surface area (Å²) < 4.78 is 12.5. The van der Waals surface area contributed by atoms with Gasteiger partial charge < -0.3 is 14.8 Å². The van der Waals surface area contributed by atoms with E-state index in [-0.39, 0.29) is 30.9 Å². The summed E-state index contributed by atoms with van der Waals surface area (Å²) in [4.78, 5) is 3.89. The predicted molar refractivity (Wildman–Crippen MR) is 145 cm³/mol.